The predicted octanol–water partition coefficient (Wildman–Crippen LogP) is 3.92. The molecule has 1 aromatic rings. The van der Waals surface area contributed by atoms with E-state index in [4.69, 9.17) is 0 Å². The maximum absolute atomic E-state index is 4.47. The van der Waals surface area contributed by atoms with E-state index in [0.29, 0.717) is 0 Å². The van der Waals surface area contributed by atoms with E-state index in [1.54, 1.807) is 0 Å². The number of aromatic nitrogens is 1. The largest absolute Gasteiger partial charge is 0.307 e. The normalized spacial score (nSPS) is 12.4. The molecule has 2 nitrogen and oxygen atoms in total. The summed E-state index contributed by atoms with van der Waals surface area (Å²) >= 11 is 3.81. The van der Waals surface area contributed by atoms with Crippen molar-refractivity contribution in [2.24, 2.45) is 5.92 Å². The van der Waals surface area contributed by atoms with Gasteiger partial charge in [0.1, 0.15) is 5.01 Å². The summed E-state index contributed by atoms with van der Waals surface area (Å²) in [7, 11) is 0. The Bertz CT molecular complexity index is 326. The molecule has 0 aliphatic heterocycles. The van der Waals surface area contributed by atoms with Crippen LogP contribution in [-0.4, -0.2) is 16.3 Å². The summed E-state index contributed by atoms with van der Waals surface area (Å²) < 4.78 is 0. The van der Waals surface area contributed by atoms with Crippen LogP contribution in [0.4, 0.5) is 0 Å². The lowest BCUT2D eigenvalue weighted by Crippen LogP contribution is -2.34. The molecular weight excluding hydrogens is 248 g/mol. The maximum Gasteiger partial charge on any atom is 0.103 e. The van der Waals surface area contributed by atoms with E-state index >= 15 is 0 Å². The molecular formula is C13H24N2S2. The fraction of sp³-hybridized carbons (Fsp3) is 0.769. The first-order chi connectivity index (χ1) is 7.87. The SMILES string of the molecule is CC(C)CSCc1ncc(CNC(C)(C)C)s1. The second-order valence-corrected chi connectivity index (χ2v) is 7.96. The molecule has 0 atom stereocenters. The standard InChI is InChI=1S/C13H24N2S2/c1-10(2)8-16-9-12-14-6-11(17-12)7-15-13(3,4)5/h6,10,15H,7-9H2,1-5H3. The Morgan fingerprint density at radius 2 is 2.12 bits per heavy atom. The molecule has 0 amide bonds. The van der Waals surface area contributed by atoms with Crippen LogP contribution in [0.5, 0.6) is 0 Å². The number of rotatable bonds is 6. The zero-order valence-corrected chi connectivity index (χ0v) is 13.2. The van der Waals surface area contributed by atoms with E-state index in [1.165, 1.54) is 15.6 Å². The van der Waals surface area contributed by atoms with Crippen LogP contribution in [-0.2, 0) is 12.3 Å². The van der Waals surface area contributed by atoms with Gasteiger partial charge in [-0.3, -0.25) is 0 Å². The molecule has 1 heterocycles. The highest BCUT2D eigenvalue weighted by Crippen LogP contribution is 2.20. The van der Waals surface area contributed by atoms with Crippen molar-refractivity contribution in [2.45, 2.75) is 52.5 Å². The van der Waals surface area contributed by atoms with E-state index in [0.717, 1.165) is 18.2 Å². The van der Waals surface area contributed by atoms with E-state index < -0.39 is 0 Å². The quantitative estimate of drug-likeness (QED) is 0.849. The Morgan fingerprint density at radius 1 is 1.41 bits per heavy atom. The monoisotopic (exact) mass is 272 g/mol. The second-order valence-electron chi connectivity index (χ2n) is 5.73. The van der Waals surface area contributed by atoms with Crippen molar-refractivity contribution >= 4 is 23.1 Å². The molecule has 0 bridgehead atoms. The van der Waals surface area contributed by atoms with Crippen molar-refractivity contribution in [2.75, 3.05) is 5.75 Å². The molecule has 1 aromatic heterocycles. The number of nitrogens with zero attached hydrogens (tertiary/aromatic N) is 1. The Morgan fingerprint density at radius 3 is 2.71 bits per heavy atom. The molecule has 17 heavy (non-hydrogen) atoms. The van der Waals surface area contributed by atoms with Gasteiger partial charge in [-0.05, 0) is 32.4 Å². The average Bonchev–Trinajstić information content (AvgIpc) is 2.61. The van der Waals surface area contributed by atoms with Crippen LogP contribution >= 0.6 is 23.1 Å². The van der Waals surface area contributed by atoms with Gasteiger partial charge >= 0.3 is 0 Å². The van der Waals surface area contributed by atoms with E-state index in [2.05, 4.69) is 44.9 Å². The highest BCUT2D eigenvalue weighted by molar-refractivity contribution is 7.98. The molecule has 0 unspecified atom stereocenters. The minimum atomic E-state index is 0.177. The zero-order valence-electron chi connectivity index (χ0n) is 11.5. The predicted molar refractivity (Wildman–Crippen MR) is 79.7 cm³/mol. The number of thiazole rings is 1. The van der Waals surface area contributed by atoms with Gasteiger partial charge in [0.05, 0.1) is 0 Å². The first kappa shape index (κ1) is 15.0. The zero-order chi connectivity index (χ0) is 12.9. The minimum Gasteiger partial charge on any atom is -0.307 e. The van der Waals surface area contributed by atoms with Crippen molar-refractivity contribution in [3.8, 4) is 0 Å². The Balaban J connectivity index is 2.32. The van der Waals surface area contributed by atoms with Crippen LogP contribution < -0.4 is 5.32 Å². The third kappa shape index (κ3) is 7.06. The second kappa shape index (κ2) is 6.76. The topological polar surface area (TPSA) is 24.9 Å². The Kier molecular flexibility index (Phi) is 5.97. The lowest BCUT2D eigenvalue weighted by Gasteiger charge is -2.19. The third-order valence-electron chi connectivity index (χ3n) is 2.07. The molecule has 0 aliphatic rings. The molecule has 98 valence electrons. The van der Waals surface area contributed by atoms with E-state index in [1.807, 2.05) is 29.3 Å². The van der Waals surface area contributed by atoms with Crippen LogP contribution in [0.1, 0.15) is 44.5 Å². The van der Waals surface area contributed by atoms with Crippen LogP contribution in [0.2, 0.25) is 0 Å². The molecule has 4 heteroatoms. The molecule has 1 N–H and O–H groups in total. The fourth-order valence-electron chi connectivity index (χ4n) is 1.23. The lowest BCUT2D eigenvalue weighted by atomic mass is 10.1. The Labute approximate surface area is 114 Å². The molecule has 1 rings (SSSR count). The Hall–Kier alpha value is -0.0600. The molecule has 0 saturated carbocycles. The average molecular weight is 272 g/mol. The number of nitrogens with one attached hydrogen (secondary N) is 1. The van der Waals surface area contributed by atoms with Crippen LogP contribution in [0.25, 0.3) is 0 Å². The maximum atomic E-state index is 4.47. The van der Waals surface area contributed by atoms with Crippen molar-refractivity contribution < 1.29 is 0 Å². The number of hydrogen-bond acceptors (Lipinski definition) is 4. The minimum absolute atomic E-state index is 0.177. The highest BCUT2D eigenvalue weighted by atomic mass is 32.2. The molecule has 0 fully saturated rings. The molecule has 0 radical (unpaired) electrons. The lowest BCUT2D eigenvalue weighted by molar-refractivity contribution is 0.426. The van der Waals surface area contributed by atoms with Crippen molar-refractivity contribution in [1.82, 2.24) is 10.3 Å². The number of thioether (sulfide) groups is 1. The van der Waals surface area contributed by atoms with Crippen LogP contribution in [0, 0.1) is 5.92 Å². The van der Waals surface area contributed by atoms with Gasteiger partial charge in [0, 0.05) is 28.9 Å². The first-order valence-corrected chi connectivity index (χ1v) is 8.10. The van der Waals surface area contributed by atoms with Gasteiger partial charge in [0.25, 0.3) is 0 Å². The highest BCUT2D eigenvalue weighted by Gasteiger charge is 2.10. The van der Waals surface area contributed by atoms with E-state index in [-0.39, 0.29) is 5.54 Å². The van der Waals surface area contributed by atoms with Gasteiger partial charge in [-0.1, -0.05) is 13.8 Å². The van der Waals surface area contributed by atoms with Gasteiger partial charge in [-0.25, -0.2) is 4.98 Å². The van der Waals surface area contributed by atoms with Gasteiger partial charge < -0.3 is 5.32 Å². The van der Waals surface area contributed by atoms with Crippen LogP contribution in [0.3, 0.4) is 0 Å². The molecule has 0 aromatic carbocycles. The summed E-state index contributed by atoms with van der Waals surface area (Å²) in [5.41, 5.74) is 0.177. The summed E-state index contributed by atoms with van der Waals surface area (Å²) in [6, 6.07) is 0. The summed E-state index contributed by atoms with van der Waals surface area (Å²) in [6.45, 7) is 12.0. The summed E-state index contributed by atoms with van der Waals surface area (Å²) in [5.74, 6) is 3.04. The number of hydrogen-bond donors (Lipinski definition) is 1. The van der Waals surface area contributed by atoms with Gasteiger partial charge in [0.15, 0.2) is 0 Å². The van der Waals surface area contributed by atoms with Gasteiger partial charge in [0.2, 0.25) is 0 Å². The summed E-state index contributed by atoms with van der Waals surface area (Å²) in [4.78, 5) is 5.80. The molecule has 0 aliphatic carbocycles. The first-order valence-electron chi connectivity index (χ1n) is 6.13. The third-order valence-corrected chi connectivity index (χ3v) is 4.63. The van der Waals surface area contributed by atoms with Crippen molar-refractivity contribution in [3.05, 3.63) is 16.1 Å². The molecule has 0 spiro atoms. The smallest absolute Gasteiger partial charge is 0.103 e. The summed E-state index contributed by atoms with van der Waals surface area (Å²) in [5, 5.41) is 4.74. The van der Waals surface area contributed by atoms with Crippen LogP contribution in [0.15, 0.2) is 6.20 Å². The van der Waals surface area contributed by atoms with Gasteiger partial charge in [-0.2, -0.15) is 11.8 Å². The fourth-order valence-corrected chi connectivity index (χ4v) is 3.21. The summed E-state index contributed by atoms with van der Waals surface area (Å²) in [6.07, 6.45) is 2.01. The van der Waals surface area contributed by atoms with Crippen molar-refractivity contribution in [3.63, 3.8) is 0 Å². The van der Waals surface area contributed by atoms with Gasteiger partial charge in [-0.15, -0.1) is 11.3 Å². The molecule has 0 saturated heterocycles. The van der Waals surface area contributed by atoms with E-state index in [9.17, 15) is 0 Å². The van der Waals surface area contributed by atoms with Crippen molar-refractivity contribution in [1.29, 1.82) is 0 Å².